The highest BCUT2D eigenvalue weighted by atomic mass is 16.5. The quantitative estimate of drug-likeness (QED) is 0.838. The number of nitrogens with zero attached hydrogens (tertiary/aromatic N) is 4. The predicted molar refractivity (Wildman–Crippen MR) is 97.7 cm³/mol. The lowest BCUT2D eigenvalue weighted by atomic mass is 9.95. The molecule has 1 fully saturated rings. The lowest BCUT2D eigenvalue weighted by molar-refractivity contribution is -0.00717. The van der Waals surface area contributed by atoms with Gasteiger partial charge >= 0.3 is 0 Å². The van der Waals surface area contributed by atoms with Crippen molar-refractivity contribution in [1.29, 1.82) is 0 Å². The summed E-state index contributed by atoms with van der Waals surface area (Å²) in [5, 5.41) is 4.69. The van der Waals surface area contributed by atoms with Crippen LogP contribution in [0.2, 0.25) is 0 Å². The zero-order chi connectivity index (χ0) is 18.1. The molecule has 2 aliphatic rings. The second-order valence-corrected chi connectivity index (χ2v) is 7.82. The van der Waals surface area contributed by atoms with Gasteiger partial charge in [-0.25, -0.2) is 0 Å². The first-order chi connectivity index (χ1) is 11.9. The van der Waals surface area contributed by atoms with Crippen LogP contribution in [-0.4, -0.2) is 65.3 Å². The normalized spacial score (nSPS) is 24.6. The first-order valence-electron chi connectivity index (χ1n) is 9.59. The van der Waals surface area contributed by atoms with Gasteiger partial charge in [-0.1, -0.05) is 0 Å². The molecule has 1 aromatic rings. The van der Waals surface area contributed by atoms with Crippen molar-refractivity contribution >= 4 is 5.91 Å². The van der Waals surface area contributed by atoms with Gasteiger partial charge in [-0.15, -0.1) is 0 Å². The van der Waals surface area contributed by atoms with E-state index in [1.165, 1.54) is 0 Å². The third kappa shape index (κ3) is 3.75. The smallest absolute Gasteiger partial charge is 0.272 e. The Morgan fingerprint density at radius 2 is 1.96 bits per heavy atom. The van der Waals surface area contributed by atoms with Gasteiger partial charge in [0, 0.05) is 38.2 Å². The summed E-state index contributed by atoms with van der Waals surface area (Å²) in [6, 6.07) is 0. The molecule has 25 heavy (non-hydrogen) atoms. The summed E-state index contributed by atoms with van der Waals surface area (Å²) < 4.78 is 7.78. The Morgan fingerprint density at radius 3 is 2.56 bits per heavy atom. The van der Waals surface area contributed by atoms with Crippen molar-refractivity contribution in [3.05, 3.63) is 17.0 Å². The van der Waals surface area contributed by atoms with E-state index in [0.29, 0.717) is 12.5 Å². The number of hydrogen-bond acceptors (Lipinski definition) is 4. The summed E-state index contributed by atoms with van der Waals surface area (Å²) >= 11 is 0. The predicted octanol–water partition coefficient (Wildman–Crippen LogP) is 2.34. The van der Waals surface area contributed by atoms with E-state index in [1.807, 2.05) is 23.4 Å². The Balaban J connectivity index is 1.79. The number of aromatic nitrogens is 2. The van der Waals surface area contributed by atoms with Crippen molar-refractivity contribution in [2.45, 2.75) is 58.8 Å². The molecule has 140 valence electrons. The molecule has 1 aromatic heterocycles. The topological polar surface area (TPSA) is 50.6 Å². The second kappa shape index (κ2) is 7.46. The first-order valence-corrected chi connectivity index (χ1v) is 9.59. The first kappa shape index (κ1) is 18.4. The fourth-order valence-electron chi connectivity index (χ4n) is 4.25. The van der Waals surface area contributed by atoms with Crippen LogP contribution in [0, 0.1) is 5.92 Å². The van der Waals surface area contributed by atoms with E-state index in [4.69, 9.17) is 9.84 Å². The molecular formula is C19H32N4O2. The van der Waals surface area contributed by atoms with Gasteiger partial charge in [0.1, 0.15) is 5.69 Å². The highest BCUT2D eigenvalue weighted by Crippen LogP contribution is 2.32. The number of piperidine rings is 1. The van der Waals surface area contributed by atoms with E-state index in [-0.39, 0.29) is 18.1 Å². The molecular weight excluding hydrogens is 316 g/mol. The molecule has 0 unspecified atom stereocenters. The third-order valence-electron chi connectivity index (χ3n) is 5.42. The molecule has 0 saturated carbocycles. The van der Waals surface area contributed by atoms with Crippen molar-refractivity contribution in [2.24, 2.45) is 5.92 Å². The molecule has 1 saturated heterocycles. The number of hydrogen-bond donors (Lipinski definition) is 0. The summed E-state index contributed by atoms with van der Waals surface area (Å²) in [6.45, 7) is 9.67. The Hall–Kier alpha value is -1.40. The third-order valence-corrected chi connectivity index (χ3v) is 5.42. The maximum Gasteiger partial charge on any atom is 0.272 e. The van der Waals surface area contributed by atoms with Crippen LogP contribution in [0.3, 0.4) is 0 Å². The van der Waals surface area contributed by atoms with Crippen LogP contribution in [0.15, 0.2) is 0 Å². The van der Waals surface area contributed by atoms with Crippen LogP contribution in [0.1, 0.15) is 61.5 Å². The Labute approximate surface area is 151 Å². The minimum absolute atomic E-state index is 0.0380. The zero-order valence-electron chi connectivity index (χ0n) is 16.3. The van der Waals surface area contributed by atoms with E-state index >= 15 is 0 Å². The fraction of sp³-hybridized carbons (Fsp3) is 0.789. The van der Waals surface area contributed by atoms with Gasteiger partial charge in [-0.3, -0.25) is 9.48 Å². The number of carbonyl (C=O) groups is 1. The lowest BCUT2D eigenvalue weighted by Crippen LogP contribution is -2.41. The number of aryl methyl sites for hydroxylation is 1. The largest absolute Gasteiger partial charge is 0.369 e. The minimum atomic E-state index is -0.0380. The fourth-order valence-corrected chi connectivity index (χ4v) is 4.25. The molecule has 6 heteroatoms. The monoisotopic (exact) mass is 348 g/mol. The number of fused-ring (bicyclic) bond motifs is 1. The van der Waals surface area contributed by atoms with Crippen molar-refractivity contribution in [2.75, 3.05) is 33.7 Å². The van der Waals surface area contributed by atoms with Crippen molar-refractivity contribution < 1.29 is 9.53 Å². The summed E-state index contributed by atoms with van der Waals surface area (Å²) in [7, 11) is 4.24. The average molecular weight is 348 g/mol. The highest BCUT2D eigenvalue weighted by molar-refractivity contribution is 5.94. The molecule has 3 rings (SSSR count). The van der Waals surface area contributed by atoms with Crippen LogP contribution in [0.4, 0.5) is 0 Å². The van der Waals surface area contributed by atoms with Gasteiger partial charge in [0.25, 0.3) is 5.91 Å². The van der Waals surface area contributed by atoms with Gasteiger partial charge in [0.05, 0.1) is 17.9 Å². The highest BCUT2D eigenvalue weighted by Gasteiger charge is 2.34. The summed E-state index contributed by atoms with van der Waals surface area (Å²) in [6.07, 6.45) is 3.04. The number of ether oxygens (including phenoxy) is 1. The summed E-state index contributed by atoms with van der Waals surface area (Å²) in [4.78, 5) is 17.5. The van der Waals surface area contributed by atoms with E-state index < -0.39 is 0 Å². The van der Waals surface area contributed by atoms with Crippen molar-refractivity contribution in [1.82, 2.24) is 19.6 Å². The van der Waals surface area contributed by atoms with Gasteiger partial charge in [-0.2, -0.15) is 5.10 Å². The van der Waals surface area contributed by atoms with Crippen LogP contribution < -0.4 is 0 Å². The number of rotatable bonds is 4. The van der Waals surface area contributed by atoms with E-state index in [1.54, 1.807) is 0 Å². The molecule has 0 N–H and O–H groups in total. The number of amides is 1. The molecule has 0 aliphatic carbocycles. The number of likely N-dealkylation sites (tertiary alicyclic amines) is 1. The zero-order valence-corrected chi connectivity index (χ0v) is 16.3. The van der Waals surface area contributed by atoms with Crippen molar-refractivity contribution in [3.63, 3.8) is 0 Å². The Morgan fingerprint density at radius 1 is 1.28 bits per heavy atom. The Kier molecular flexibility index (Phi) is 5.49. The SMILES string of the molecule is CCn1nc2c(c1C(=O)N1CCC(CN(C)C)CC1)C[C@H](C)O[C@@H]2C. The Bertz CT molecular complexity index is 617. The van der Waals surface area contributed by atoms with Crippen LogP contribution in [0.5, 0.6) is 0 Å². The van der Waals surface area contributed by atoms with Gasteiger partial charge in [-0.05, 0) is 53.6 Å². The minimum Gasteiger partial charge on any atom is -0.369 e. The van der Waals surface area contributed by atoms with Crippen molar-refractivity contribution in [3.8, 4) is 0 Å². The average Bonchev–Trinajstić information content (AvgIpc) is 2.93. The molecule has 0 bridgehead atoms. The molecule has 2 atom stereocenters. The van der Waals surface area contributed by atoms with Crippen LogP contribution in [0.25, 0.3) is 0 Å². The maximum atomic E-state index is 13.3. The number of carbonyl (C=O) groups excluding carboxylic acids is 1. The van der Waals surface area contributed by atoms with Gasteiger partial charge in [0.15, 0.2) is 0 Å². The summed E-state index contributed by atoms with van der Waals surface area (Å²) in [5.74, 6) is 0.845. The standard InChI is InChI=1S/C19H32N4O2/c1-6-23-18(16-11-13(2)25-14(3)17(16)20-23)19(24)22-9-7-15(8-10-22)12-21(4)5/h13-15H,6-12H2,1-5H3/t13-,14+/m0/s1. The lowest BCUT2D eigenvalue weighted by Gasteiger charge is -2.33. The second-order valence-electron chi connectivity index (χ2n) is 7.82. The molecule has 1 amide bonds. The van der Waals surface area contributed by atoms with E-state index in [0.717, 1.165) is 55.8 Å². The molecule has 6 nitrogen and oxygen atoms in total. The molecule has 2 aliphatic heterocycles. The molecule has 0 radical (unpaired) electrons. The molecule has 3 heterocycles. The van der Waals surface area contributed by atoms with Gasteiger partial charge < -0.3 is 14.5 Å². The molecule has 0 aromatic carbocycles. The van der Waals surface area contributed by atoms with Crippen LogP contribution >= 0.6 is 0 Å². The van der Waals surface area contributed by atoms with E-state index in [2.05, 4.69) is 25.9 Å². The summed E-state index contributed by atoms with van der Waals surface area (Å²) in [5.41, 5.74) is 2.85. The van der Waals surface area contributed by atoms with Crippen LogP contribution in [-0.2, 0) is 17.7 Å². The molecule has 0 spiro atoms. The maximum absolute atomic E-state index is 13.3. The van der Waals surface area contributed by atoms with E-state index in [9.17, 15) is 4.79 Å². The van der Waals surface area contributed by atoms with Gasteiger partial charge in [0.2, 0.25) is 0 Å².